The molecule has 132 valence electrons. The van der Waals surface area contributed by atoms with E-state index in [1.807, 2.05) is 6.07 Å². The first kappa shape index (κ1) is 18.0. The van der Waals surface area contributed by atoms with Gasteiger partial charge in [0.15, 0.2) is 0 Å². The van der Waals surface area contributed by atoms with E-state index in [9.17, 15) is 9.59 Å². The molecule has 1 aromatic carbocycles. The van der Waals surface area contributed by atoms with Gasteiger partial charge in [0.2, 0.25) is 5.91 Å². The largest absolute Gasteiger partial charge is 0.341 e. The number of carbonyl (C=O) groups excluding carboxylic acids is 1. The van der Waals surface area contributed by atoms with E-state index in [1.165, 1.54) is 11.8 Å². The van der Waals surface area contributed by atoms with Crippen molar-refractivity contribution in [2.24, 2.45) is 5.92 Å². The molecule has 0 saturated carbocycles. The fourth-order valence-corrected chi connectivity index (χ4v) is 3.39. The molecular formula is C18H19Cl2N3O2. The normalized spacial score (nSPS) is 15.4. The third kappa shape index (κ3) is 4.41. The number of hydrogen-bond donors (Lipinski definition) is 0. The molecule has 5 nitrogen and oxygen atoms in total. The molecule has 1 fully saturated rings. The number of piperidine rings is 1. The van der Waals surface area contributed by atoms with Crippen molar-refractivity contribution in [1.82, 2.24) is 14.7 Å². The van der Waals surface area contributed by atoms with Crippen molar-refractivity contribution in [2.45, 2.75) is 25.8 Å². The van der Waals surface area contributed by atoms with E-state index in [2.05, 4.69) is 29.4 Å². The van der Waals surface area contributed by atoms with Crippen molar-refractivity contribution >= 4 is 29.1 Å². The molecule has 1 aromatic heterocycles. The zero-order chi connectivity index (χ0) is 17.8. The van der Waals surface area contributed by atoms with E-state index in [0.717, 1.165) is 23.9 Å². The topological polar surface area (TPSA) is 55.2 Å². The lowest BCUT2D eigenvalue weighted by Crippen LogP contribution is -2.42. The van der Waals surface area contributed by atoms with Crippen LogP contribution in [0, 0.1) is 5.92 Å². The van der Waals surface area contributed by atoms with Gasteiger partial charge in [-0.05, 0) is 30.7 Å². The number of aromatic nitrogens is 2. The number of nitrogens with zero attached hydrogens (tertiary/aromatic N) is 3. The van der Waals surface area contributed by atoms with Crippen LogP contribution in [0.2, 0.25) is 10.0 Å². The molecule has 1 amide bonds. The third-order valence-corrected chi connectivity index (χ3v) is 5.31. The summed E-state index contributed by atoms with van der Waals surface area (Å²) in [6.45, 7) is 1.29. The molecule has 1 aliphatic heterocycles. The molecule has 0 radical (unpaired) electrons. The van der Waals surface area contributed by atoms with Crippen molar-refractivity contribution in [2.75, 3.05) is 13.1 Å². The molecule has 0 N–H and O–H groups in total. The van der Waals surface area contributed by atoms with Crippen LogP contribution >= 0.6 is 23.2 Å². The first-order valence-electron chi connectivity index (χ1n) is 8.27. The Bertz CT molecular complexity index is 800. The Labute approximate surface area is 156 Å². The number of likely N-dealkylation sites (tertiary alicyclic amines) is 1. The van der Waals surface area contributed by atoms with E-state index in [0.29, 0.717) is 19.0 Å². The Balaban J connectivity index is 1.55. The van der Waals surface area contributed by atoms with Gasteiger partial charge in [-0.3, -0.25) is 9.59 Å². The Morgan fingerprint density at radius 2 is 1.84 bits per heavy atom. The summed E-state index contributed by atoms with van der Waals surface area (Å²) in [6, 6.07) is 10.4. The van der Waals surface area contributed by atoms with Crippen molar-refractivity contribution < 1.29 is 4.79 Å². The maximum atomic E-state index is 12.4. The summed E-state index contributed by atoms with van der Waals surface area (Å²) in [5, 5.41) is 3.87. The molecule has 0 atom stereocenters. The number of benzene rings is 1. The van der Waals surface area contributed by atoms with Crippen LogP contribution in [0.15, 0.2) is 41.3 Å². The Kier molecular flexibility index (Phi) is 5.76. The second-order valence-electron chi connectivity index (χ2n) is 6.28. The van der Waals surface area contributed by atoms with Gasteiger partial charge in [0, 0.05) is 13.1 Å². The highest BCUT2D eigenvalue weighted by atomic mass is 35.5. The highest BCUT2D eigenvalue weighted by Gasteiger charge is 2.23. The lowest BCUT2D eigenvalue weighted by molar-refractivity contribution is -0.133. The highest BCUT2D eigenvalue weighted by molar-refractivity contribution is 6.41. The van der Waals surface area contributed by atoms with Crippen LogP contribution in [0.1, 0.15) is 18.4 Å². The van der Waals surface area contributed by atoms with Crippen molar-refractivity contribution in [3.05, 3.63) is 62.5 Å². The Morgan fingerprint density at radius 3 is 2.52 bits per heavy atom. The van der Waals surface area contributed by atoms with Gasteiger partial charge in [0.1, 0.15) is 11.6 Å². The van der Waals surface area contributed by atoms with Crippen LogP contribution in [0.4, 0.5) is 0 Å². The summed E-state index contributed by atoms with van der Waals surface area (Å²) in [6.07, 6.45) is 4.25. The van der Waals surface area contributed by atoms with Gasteiger partial charge in [-0.1, -0.05) is 53.5 Å². The molecule has 0 unspecified atom stereocenters. The molecule has 1 aliphatic rings. The molecule has 2 heterocycles. The summed E-state index contributed by atoms with van der Waals surface area (Å²) in [5.74, 6) is 0.462. The van der Waals surface area contributed by atoms with Crippen molar-refractivity contribution in [3.8, 4) is 0 Å². The standard InChI is InChI=1S/C18H19Cl2N3O2/c19-15-11-21-23(18(25)17(15)20)12-16(24)22-8-6-14(7-9-22)10-13-4-2-1-3-5-13/h1-5,11,14H,6-10,12H2. The predicted molar refractivity (Wildman–Crippen MR) is 98.0 cm³/mol. The van der Waals surface area contributed by atoms with Crippen LogP contribution in [0.25, 0.3) is 0 Å². The van der Waals surface area contributed by atoms with Gasteiger partial charge in [0.25, 0.3) is 5.56 Å². The maximum absolute atomic E-state index is 12.4. The number of halogens is 2. The quantitative estimate of drug-likeness (QED) is 0.820. The minimum atomic E-state index is -0.540. The summed E-state index contributed by atoms with van der Waals surface area (Å²) in [4.78, 5) is 26.2. The molecule has 0 aliphatic carbocycles. The van der Waals surface area contributed by atoms with Gasteiger partial charge in [-0.25, -0.2) is 4.68 Å². The number of carbonyl (C=O) groups is 1. The van der Waals surface area contributed by atoms with Crippen LogP contribution in [0.3, 0.4) is 0 Å². The molecular weight excluding hydrogens is 361 g/mol. The predicted octanol–water partition coefficient (Wildman–Crippen LogP) is 3.03. The summed E-state index contributed by atoms with van der Waals surface area (Å²) < 4.78 is 1.06. The average molecular weight is 380 g/mol. The van der Waals surface area contributed by atoms with Gasteiger partial charge in [-0.15, -0.1) is 0 Å². The summed E-state index contributed by atoms with van der Waals surface area (Å²) >= 11 is 11.6. The maximum Gasteiger partial charge on any atom is 0.287 e. The molecule has 0 bridgehead atoms. The van der Waals surface area contributed by atoms with E-state index >= 15 is 0 Å². The fourth-order valence-electron chi connectivity index (χ4n) is 3.12. The van der Waals surface area contributed by atoms with Gasteiger partial charge in [-0.2, -0.15) is 5.10 Å². The zero-order valence-corrected chi connectivity index (χ0v) is 15.2. The number of rotatable bonds is 4. The first-order chi connectivity index (χ1) is 12.0. The molecule has 2 aromatic rings. The van der Waals surface area contributed by atoms with Crippen LogP contribution in [-0.2, 0) is 17.8 Å². The second-order valence-corrected chi connectivity index (χ2v) is 7.07. The Morgan fingerprint density at radius 1 is 1.16 bits per heavy atom. The third-order valence-electron chi connectivity index (χ3n) is 4.56. The van der Waals surface area contributed by atoms with Gasteiger partial charge < -0.3 is 4.90 Å². The highest BCUT2D eigenvalue weighted by Crippen LogP contribution is 2.22. The smallest absolute Gasteiger partial charge is 0.287 e. The minimum absolute atomic E-state index is 0.0945. The molecule has 7 heteroatoms. The molecule has 1 saturated heterocycles. The first-order valence-corrected chi connectivity index (χ1v) is 9.03. The van der Waals surface area contributed by atoms with Crippen LogP contribution in [-0.4, -0.2) is 33.7 Å². The van der Waals surface area contributed by atoms with E-state index in [-0.39, 0.29) is 22.5 Å². The van der Waals surface area contributed by atoms with Gasteiger partial charge >= 0.3 is 0 Å². The van der Waals surface area contributed by atoms with Crippen LogP contribution in [0.5, 0.6) is 0 Å². The summed E-state index contributed by atoms with van der Waals surface area (Å²) in [5.41, 5.74) is 0.792. The fraction of sp³-hybridized carbons (Fsp3) is 0.389. The van der Waals surface area contributed by atoms with E-state index < -0.39 is 5.56 Å². The minimum Gasteiger partial charge on any atom is -0.341 e. The van der Waals surface area contributed by atoms with Crippen molar-refractivity contribution in [3.63, 3.8) is 0 Å². The van der Waals surface area contributed by atoms with E-state index in [1.54, 1.807) is 4.90 Å². The second kappa shape index (κ2) is 8.02. The average Bonchev–Trinajstić information content (AvgIpc) is 2.63. The van der Waals surface area contributed by atoms with Crippen molar-refractivity contribution in [1.29, 1.82) is 0 Å². The number of amides is 1. The molecule has 0 spiro atoms. The van der Waals surface area contributed by atoms with Crippen LogP contribution < -0.4 is 5.56 Å². The lowest BCUT2D eigenvalue weighted by atomic mass is 9.90. The zero-order valence-electron chi connectivity index (χ0n) is 13.7. The molecule has 3 rings (SSSR count). The SMILES string of the molecule is O=C(Cn1ncc(Cl)c(Cl)c1=O)N1CCC(Cc2ccccc2)CC1. The monoisotopic (exact) mass is 379 g/mol. The molecule has 25 heavy (non-hydrogen) atoms. The number of hydrogen-bond acceptors (Lipinski definition) is 3. The summed E-state index contributed by atoms with van der Waals surface area (Å²) in [7, 11) is 0. The lowest BCUT2D eigenvalue weighted by Gasteiger charge is -2.32. The van der Waals surface area contributed by atoms with Gasteiger partial charge in [0.05, 0.1) is 11.2 Å². The van der Waals surface area contributed by atoms with E-state index in [4.69, 9.17) is 23.2 Å². The Hall–Kier alpha value is -1.85.